The fraction of sp³-hybridized carbons (Fsp3) is 0.308. The van der Waals surface area contributed by atoms with Gasteiger partial charge in [0, 0.05) is 6.54 Å². The van der Waals surface area contributed by atoms with E-state index in [0.29, 0.717) is 12.1 Å². The summed E-state index contributed by atoms with van der Waals surface area (Å²) in [5.41, 5.74) is -1.08. The fourth-order valence-electron chi connectivity index (χ4n) is 1.98. The number of rotatable bonds is 2. The van der Waals surface area contributed by atoms with Gasteiger partial charge in [0.15, 0.2) is 17.7 Å². The summed E-state index contributed by atoms with van der Waals surface area (Å²) < 4.78 is 31.5. The first-order valence-corrected chi connectivity index (χ1v) is 5.97. The third-order valence-corrected chi connectivity index (χ3v) is 3.02. The molecule has 2 rings (SSSR count). The summed E-state index contributed by atoms with van der Waals surface area (Å²) in [7, 11) is 0. The molecule has 1 aliphatic heterocycles. The number of nitriles is 1. The number of aromatic carboxylic acids is 1. The molecule has 1 saturated heterocycles. The predicted octanol–water partition coefficient (Wildman–Crippen LogP) is 1.03. The number of carbonyl (C=O) groups is 2. The van der Waals surface area contributed by atoms with Crippen LogP contribution in [0.5, 0.6) is 0 Å². The highest BCUT2D eigenvalue weighted by atomic mass is 19.2. The van der Waals surface area contributed by atoms with Gasteiger partial charge in [0.1, 0.15) is 0 Å². The van der Waals surface area contributed by atoms with Gasteiger partial charge < -0.3 is 14.7 Å². The Hall–Kier alpha value is -2.53. The Morgan fingerprint density at radius 2 is 1.95 bits per heavy atom. The van der Waals surface area contributed by atoms with E-state index in [4.69, 9.17) is 15.1 Å². The van der Waals surface area contributed by atoms with Crippen LogP contribution >= 0.6 is 0 Å². The van der Waals surface area contributed by atoms with Gasteiger partial charge >= 0.3 is 5.97 Å². The molecular weight excluding hydrogens is 286 g/mol. The minimum atomic E-state index is -1.54. The molecule has 21 heavy (non-hydrogen) atoms. The zero-order valence-electron chi connectivity index (χ0n) is 10.7. The number of nitrogens with zero attached hydrogens (tertiary/aromatic N) is 2. The normalized spacial score (nSPS) is 18.1. The van der Waals surface area contributed by atoms with Gasteiger partial charge in [0.2, 0.25) is 0 Å². The predicted molar refractivity (Wildman–Crippen MR) is 64.6 cm³/mol. The van der Waals surface area contributed by atoms with Crippen LogP contribution in [0.3, 0.4) is 0 Å². The summed E-state index contributed by atoms with van der Waals surface area (Å²) in [5, 5.41) is 17.8. The highest BCUT2D eigenvalue weighted by molar-refractivity contribution is 6.04. The van der Waals surface area contributed by atoms with Crippen molar-refractivity contribution in [2.45, 2.75) is 6.10 Å². The van der Waals surface area contributed by atoms with E-state index in [9.17, 15) is 18.4 Å². The van der Waals surface area contributed by atoms with Crippen LogP contribution in [0.25, 0.3) is 0 Å². The standard InChI is InChI=1S/C13H10F2N2O4/c14-10-3-8(9(13(19)20)4-11(10)15)12(18)17-1-2-21-7(5-16)6-17/h3-4,7H,1-2,6H2,(H,19,20). The summed E-state index contributed by atoms with van der Waals surface area (Å²) in [6, 6.07) is 2.85. The molecule has 1 aromatic rings. The van der Waals surface area contributed by atoms with Crippen molar-refractivity contribution in [1.82, 2.24) is 4.90 Å². The number of ether oxygens (including phenoxy) is 1. The molecular formula is C13H10F2N2O4. The van der Waals surface area contributed by atoms with Crippen LogP contribution < -0.4 is 0 Å². The first-order valence-electron chi connectivity index (χ1n) is 5.97. The van der Waals surface area contributed by atoms with Gasteiger partial charge in [0.25, 0.3) is 5.91 Å². The Bertz CT molecular complexity index is 642. The zero-order valence-corrected chi connectivity index (χ0v) is 10.7. The number of carboxylic acid groups (broad SMARTS) is 1. The SMILES string of the molecule is N#CC1CN(C(=O)c2cc(F)c(F)cc2C(=O)O)CCO1. The van der Waals surface area contributed by atoms with E-state index in [2.05, 4.69) is 0 Å². The number of halogens is 2. The molecule has 1 fully saturated rings. The highest BCUT2D eigenvalue weighted by Crippen LogP contribution is 2.19. The topological polar surface area (TPSA) is 90.6 Å². The van der Waals surface area contributed by atoms with Crippen LogP contribution in [0, 0.1) is 23.0 Å². The van der Waals surface area contributed by atoms with Crippen molar-refractivity contribution in [3.05, 3.63) is 34.9 Å². The average Bonchev–Trinajstić information content (AvgIpc) is 2.48. The molecule has 8 heteroatoms. The molecule has 6 nitrogen and oxygen atoms in total. The van der Waals surface area contributed by atoms with E-state index in [1.165, 1.54) is 4.90 Å². The van der Waals surface area contributed by atoms with Crippen molar-refractivity contribution in [1.29, 1.82) is 5.26 Å². The quantitative estimate of drug-likeness (QED) is 0.880. The van der Waals surface area contributed by atoms with Gasteiger partial charge in [-0.3, -0.25) is 4.79 Å². The van der Waals surface area contributed by atoms with Crippen molar-refractivity contribution in [2.24, 2.45) is 0 Å². The number of carbonyl (C=O) groups excluding carboxylic acids is 1. The second-order valence-corrected chi connectivity index (χ2v) is 4.36. The smallest absolute Gasteiger partial charge is 0.336 e. The summed E-state index contributed by atoms with van der Waals surface area (Å²) in [6.07, 6.45) is -0.832. The van der Waals surface area contributed by atoms with Crippen molar-refractivity contribution in [3.8, 4) is 6.07 Å². The minimum absolute atomic E-state index is 0.0621. The minimum Gasteiger partial charge on any atom is -0.478 e. The molecule has 0 aromatic heterocycles. The fourth-order valence-corrected chi connectivity index (χ4v) is 1.98. The second-order valence-electron chi connectivity index (χ2n) is 4.36. The first kappa shape index (κ1) is 14.9. The van der Waals surface area contributed by atoms with Crippen LogP contribution in [0.15, 0.2) is 12.1 Å². The lowest BCUT2D eigenvalue weighted by atomic mass is 10.0. The monoisotopic (exact) mass is 296 g/mol. The third kappa shape index (κ3) is 2.98. The Labute approximate surface area is 118 Å². The summed E-state index contributed by atoms with van der Waals surface area (Å²) in [4.78, 5) is 24.5. The number of carboxylic acids is 1. The molecule has 0 aliphatic carbocycles. The van der Waals surface area contributed by atoms with Crippen LogP contribution in [-0.4, -0.2) is 47.7 Å². The second kappa shape index (κ2) is 5.85. The van der Waals surface area contributed by atoms with Gasteiger partial charge in [-0.05, 0) is 12.1 Å². The zero-order chi connectivity index (χ0) is 15.6. The number of amides is 1. The van der Waals surface area contributed by atoms with E-state index < -0.39 is 40.7 Å². The molecule has 110 valence electrons. The lowest BCUT2D eigenvalue weighted by molar-refractivity contribution is 0.00334. The molecule has 1 atom stereocenters. The Morgan fingerprint density at radius 1 is 1.33 bits per heavy atom. The van der Waals surface area contributed by atoms with Gasteiger partial charge in [-0.1, -0.05) is 0 Å². The molecule has 1 heterocycles. The van der Waals surface area contributed by atoms with Crippen molar-refractivity contribution in [3.63, 3.8) is 0 Å². The summed E-state index contributed by atoms with van der Waals surface area (Å²) in [5.74, 6) is -4.98. The Kier molecular flexibility index (Phi) is 4.14. The molecule has 0 bridgehead atoms. The maximum Gasteiger partial charge on any atom is 0.336 e. The molecule has 1 N–H and O–H groups in total. The van der Waals surface area contributed by atoms with E-state index in [-0.39, 0.29) is 19.7 Å². The number of benzene rings is 1. The lowest BCUT2D eigenvalue weighted by Gasteiger charge is -2.30. The van der Waals surface area contributed by atoms with E-state index in [1.54, 1.807) is 0 Å². The highest BCUT2D eigenvalue weighted by Gasteiger charge is 2.28. The van der Waals surface area contributed by atoms with Gasteiger partial charge in [-0.25, -0.2) is 13.6 Å². The number of hydrogen-bond acceptors (Lipinski definition) is 4. The molecule has 0 saturated carbocycles. The number of hydrogen-bond donors (Lipinski definition) is 1. The largest absolute Gasteiger partial charge is 0.478 e. The molecule has 0 spiro atoms. The average molecular weight is 296 g/mol. The molecule has 0 radical (unpaired) electrons. The van der Waals surface area contributed by atoms with Crippen LogP contribution in [0.2, 0.25) is 0 Å². The molecule has 1 aliphatic rings. The maximum atomic E-state index is 13.3. The van der Waals surface area contributed by atoms with Crippen molar-refractivity contribution >= 4 is 11.9 Å². The van der Waals surface area contributed by atoms with Crippen LogP contribution in [0.4, 0.5) is 8.78 Å². The van der Waals surface area contributed by atoms with Crippen LogP contribution in [0.1, 0.15) is 20.7 Å². The maximum absolute atomic E-state index is 13.3. The van der Waals surface area contributed by atoms with Crippen molar-refractivity contribution < 1.29 is 28.2 Å². The van der Waals surface area contributed by atoms with Gasteiger partial charge in [-0.15, -0.1) is 0 Å². The summed E-state index contributed by atoms with van der Waals surface area (Å²) >= 11 is 0. The van der Waals surface area contributed by atoms with E-state index in [0.717, 1.165) is 0 Å². The van der Waals surface area contributed by atoms with Gasteiger partial charge in [0.05, 0.1) is 30.3 Å². The molecule has 1 aromatic carbocycles. The first-order chi connectivity index (χ1) is 9.93. The summed E-state index contributed by atoms with van der Waals surface area (Å²) in [6.45, 7) is 0.179. The van der Waals surface area contributed by atoms with Gasteiger partial charge in [-0.2, -0.15) is 5.26 Å². The van der Waals surface area contributed by atoms with Crippen LogP contribution in [-0.2, 0) is 4.74 Å². The van der Waals surface area contributed by atoms with Crippen molar-refractivity contribution in [2.75, 3.05) is 19.7 Å². The Morgan fingerprint density at radius 3 is 2.52 bits per heavy atom. The number of morpholine rings is 1. The van der Waals surface area contributed by atoms with E-state index in [1.807, 2.05) is 6.07 Å². The third-order valence-electron chi connectivity index (χ3n) is 3.02. The molecule has 1 unspecified atom stereocenters. The Balaban J connectivity index is 2.37. The lowest BCUT2D eigenvalue weighted by Crippen LogP contribution is -2.45. The van der Waals surface area contributed by atoms with E-state index >= 15 is 0 Å². The molecule has 1 amide bonds.